The van der Waals surface area contributed by atoms with Gasteiger partial charge in [0, 0.05) is 24.7 Å². The van der Waals surface area contributed by atoms with Gasteiger partial charge in [-0.1, -0.05) is 24.2 Å². The van der Waals surface area contributed by atoms with E-state index in [1.165, 1.54) is 5.56 Å². The van der Waals surface area contributed by atoms with E-state index in [4.69, 9.17) is 9.26 Å². The molecule has 24 heavy (non-hydrogen) atoms. The minimum Gasteiger partial charge on any atom is -0.459 e. The van der Waals surface area contributed by atoms with E-state index >= 15 is 0 Å². The summed E-state index contributed by atoms with van der Waals surface area (Å²) in [5.74, 6) is -0.217. The molecular weight excluding hydrogens is 308 g/mol. The zero-order valence-electron chi connectivity index (χ0n) is 13.8. The van der Waals surface area contributed by atoms with Gasteiger partial charge < -0.3 is 14.2 Å². The van der Waals surface area contributed by atoms with Crippen molar-refractivity contribution >= 4 is 17.6 Å². The van der Waals surface area contributed by atoms with Crippen molar-refractivity contribution in [1.82, 2.24) is 5.16 Å². The maximum atomic E-state index is 12.2. The Bertz CT molecular complexity index is 736. The van der Waals surface area contributed by atoms with E-state index in [-0.39, 0.29) is 24.9 Å². The van der Waals surface area contributed by atoms with Crippen molar-refractivity contribution in [3.8, 4) is 0 Å². The fraction of sp³-hybridized carbons (Fsp3) is 0.389. The largest absolute Gasteiger partial charge is 0.459 e. The second-order valence-electron chi connectivity index (χ2n) is 5.96. The molecular formula is C18H20N2O4. The zero-order valence-corrected chi connectivity index (χ0v) is 13.8. The number of carbonyl (C=O) groups is 2. The molecule has 1 saturated heterocycles. The van der Waals surface area contributed by atoms with E-state index in [9.17, 15) is 9.59 Å². The number of hydrogen-bond donors (Lipinski definition) is 0. The molecule has 1 aliphatic heterocycles. The number of ether oxygens (including phenoxy) is 1. The van der Waals surface area contributed by atoms with E-state index in [0.29, 0.717) is 18.0 Å². The highest BCUT2D eigenvalue weighted by molar-refractivity contribution is 5.99. The van der Waals surface area contributed by atoms with E-state index in [1.807, 2.05) is 24.3 Å². The lowest BCUT2D eigenvalue weighted by atomic mass is 10.1. The van der Waals surface area contributed by atoms with Gasteiger partial charge in [0.1, 0.15) is 18.1 Å². The normalized spacial score (nSPS) is 17.3. The third-order valence-electron chi connectivity index (χ3n) is 4.15. The number of amides is 1. The summed E-state index contributed by atoms with van der Waals surface area (Å²) in [6.07, 6.45) is 1.12. The predicted molar refractivity (Wildman–Crippen MR) is 87.3 cm³/mol. The third kappa shape index (κ3) is 3.48. The van der Waals surface area contributed by atoms with E-state index in [2.05, 4.69) is 12.1 Å². The Morgan fingerprint density at radius 3 is 2.75 bits per heavy atom. The molecule has 6 heteroatoms. The van der Waals surface area contributed by atoms with Gasteiger partial charge >= 0.3 is 5.97 Å². The van der Waals surface area contributed by atoms with Crippen LogP contribution in [-0.4, -0.2) is 23.6 Å². The molecule has 2 heterocycles. The van der Waals surface area contributed by atoms with Crippen LogP contribution in [0.1, 0.15) is 30.4 Å². The summed E-state index contributed by atoms with van der Waals surface area (Å²) in [5.41, 5.74) is 2.60. The van der Waals surface area contributed by atoms with Crippen LogP contribution in [0.4, 0.5) is 5.69 Å². The van der Waals surface area contributed by atoms with Crippen LogP contribution in [0.3, 0.4) is 0 Å². The van der Waals surface area contributed by atoms with E-state index < -0.39 is 5.92 Å². The lowest BCUT2D eigenvalue weighted by Crippen LogP contribution is -2.26. The zero-order chi connectivity index (χ0) is 17.1. The molecule has 0 bridgehead atoms. The Kier molecular flexibility index (Phi) is 4.64. The molecule has 0 unspecified atom stereocenters. The van der Waals surface area contributed by atoms with Crippen molar-refractivity contribution in [2.45, 2.75) is 33.3 Å². The quantitative estimate of drug-likeness (QED) is 0.789. The van der Waals surface area contributed by atoms with Crippen molar-refractivity contribution < 1.29 is 18.8 Å². The molecule has 126 valence electrons. The van der Waals surface area contributed by atoms with Gasteiger partial charge in [0.25, 0.3) is 0 Å². The van der Waals surface area contributed by atoms with Crippen molar-refractivity contribution in [2.75, 3.05) is 11.4 Å². The molecule has 0 saturated carbocycles. The minimum atomic E-state index is -0.448. The van der Waals surface area contributed by atoms with Crippen LogP contribution in [0, 0.1) is 12.8 Å². The average molecular weight is 328 g/mol. The number of aryl methyl sites for hydroxylation is 2. The number of nitrogens with zero attached hydrogens (tertiary/aromatic N) is 2. The van der Waals surface area contributed by atoms with Crippen LogP contribution in [0.5, 0.6) is 0 Å². The van der Waals surface area contributed by atoms with Crippen molar-refractivity contribution in [1.29, 1.82) is 0 Å². The monoisotopic (exact) mass is 328 g/mol. The average Bonchev–Trinajstić information content (AvgIpc) is 3.18. The Labute approximate surface area is 140 Å². The molecule has 0 spiro atoms. The fourth-order valence-electron chi connectivity index (χ4n) is 2.78. The Balaban J connectivity index is 1.59. The summed E-state index contributed by atoms with van der Waals surface area (Å²) in [6, 6.07) is 9.56. The molecule has 1 amide bonds. The summed E-state index contributed by atoms with van der Waals surface area (Å²) in [4.78, 5) is 26.0. The van der Waals surface area contributed by atoms with E-state index in [1.54, 1.807) is 17.9 Å². The highest BCUT2D eigenvalue weighted by atomic mass is 16.5. The first kappa shape index (κ1) is 16.2. The van der Waals surface area contributed by atoms with Crippen LogP contribution in [0.15, 0.2) is 34.9 Å². The number of rotatable bonds is 5. The summed E-state index contributed by atoms with van der Waals surface area (Å²) >= 11 is 0. The van der Waals surface area contributed by atoms with Crippen LogP contribution in [0.25, 0.3) is 0 Å². The number of esters is 1. The van der Waals surface area contributed by atoms with Crippen LogP contribution >= 0.6 is 0 Å². The van der Waals surface area contributed by atoms with Crippen molar-refractivity contribution in [2.24, 2.45) is 5.92 Å². The summed E-state index contributed by atoms with van der Waals surface area (Å²) in [5, 5.41) is 3.78. The van der Waals surface area contributed by atoms with Gasteiger partial charge in [-0.3, -0.25) is 9.59 Å². The molecule has 2 aromatic rings. The molecule has 1 aromatic carbocycles. The number of benzene rings is 1. The van der Waals surface area contributed by atoms with Gasteiger partial charge in [-0.25, -0.2) is 0 Å². The summed E-state index contributed by atoms with van der Waals surface area (Å²) in [7, 11) is 0. The fourth-order valence-corrected chi connectivity index (χ4v) is 2.78. The molecule has 0 aliphatic carbocycles. The van der Waals surface area contributed by atoms with Crippen LogP contribution in [-0.2, 0) is 27.4 Å². The van der Waals surface area contributed by atoms with Crippen LogP contribution in [0.2, 0.25) is 0 Å². The highest BCUT2D eigenvalue weighted by Gasteiger charge is 2.36. The van der Waals surface area contributed by atoms with Gasteiger partial charge in [-0.05, 0) is 31.0 Å². The molecule has 1 aromatic heterocycles. The standard InChI is InChI=1S/C18H20N2O4/c1-3-13-4-6-16(7-5-13)20-10-14(9-17(20)21)18(22)23-11-15-8-12(2)24-19-15/h4-8,14H,3,9-11H2,1-2H3/t14-/m0/s1. The minimum absolute atomic E-state index is 0.0570. The second-order valence-corrected chi connectivity index (χ2v) is 5.96. The Hall–Kier alpha value is -2.63. The topological polar surface area (TPSA) is 72.6 Å². The number of carbonyl (C=O) groups excluding carboxylic acids is 2. The van der Waals surface area contributed by atoms with Gasteiger partial charge in [-0.2, -0.15) is 0 Å². The first-order chi connectivity index (χ1) is 11.6. The summed E-state index contributed by atoms with van der Waals surface area (Å²) < 4.78 is 10.2. The number of aromatic nitrogens is 1. The van der Waals surface area contributed by atoms with Crippen molar-refractivity contribution in [3.05, 3.63) is 47.3 Å². The Morgan fingerprint density at radius 1 is 1.38 bits per heavy atom. The first-order valence-electron chi connectivity index (χ1n) is 8.05. The van der Waals surface area contributed by atoms with Gasteiger partial charge in [0.2, 0.25) is 5.91 Å². The number of anilines is 1. The predicted octanol–water partition coefficient (Wildman–Crippen LogP) is 2.64. The molecule has 0 radical (unpaired) electrons. The molecule has 0 N–H and O–H groups in total. The lowest BCUT2D eigenvalue weighted by molar-refractivity contribution is -0.149. The van der Waals surface area contributed by atoms with E-state index in [0.717, 1.165) is 12.1 Å². The first-order valence-corrected chi connectivity index (χ1v) is 8.05. The summed E-state index contributed by atoms with van der Waals surface area (Å²) in [6.45, 7) is 4.26. The van der Waals surface area contributed by atoms with Gasteiger partial charge in [0.05, 0.1) is 5.92 Å². The molecule has 1 fully saturated rings. The molecule has 1 aliphatic rings. The molecule has 6 nitrogen and oxygen atoms in total. The van der Waals surface area contributed by atoms with Gasteiger partial charge in [0.15, 0.2) is 0 Å². The second kappa shape index (κ2) is 6.86. The molecule has 1 atom stereocenters. The smallest absolute Gasteiger partial charge is 0.311 e. The maximum Gasteiger partial charge on any atom is 0.311 e. The molecule has 3 rings (SSSR count). The van der Waals surface area contributed by atoms with Crippen LogP contribution < -0.4 is 4.90 Å². The van der Waals surface area contributed by atoms with Crippen molar-refractivity contribution in [3.63, 3.8) is 0 Å². The maximum absolute atomic E-state index is 12.2. The van der Waals surface area contributed by atoms with Gasteiger partial charge in [-0.15, -0.1) is 0 Å². The Morgan fingerprint density at radius 2 is 2.12 bits per heavy atom. The number of hydrogen-bond acceptors (Lipinski definition) is 5. The lowest BCUT2D eigenvalue weighted by Gasteiger charge is -2.16. The SMILES string of the molecule is CCc1ccc(N2C[C@@H](C(=O)OCc3cc(C)on3)CC2=O)cc1. The third-order valence-corrected chi connectivity index (χ3v) is 4.15. The highest BCUT2D eigenvalue weighted by Crippen LogP contribution is 2.26.